The summed E-state index contributed by atoms with van der Waals surface area (Å²) in [7, 11) is 1.77. The van der Waals surface area contributed by atoms with E-state index < -0.39 is 5.38 Å². The maximum absolute atomic E-state index is 11.2. The molecule has 0 rings (SSSR count). The number of alkyl halides is 1. The minimum absolute atomic E-state index is 0.0132. The first-order valence-corrected chi connectivity index (χ1v) is 4.53. The molecule has 0 aromatic rings. The van der Waals surface area contributed by atoms with E-state index in [0.717, 1.165) is 19.4 Å². The summed E-state index contributed by atoms with van der Waals surface area (Å²) in [5.41, 5.74) is 0. The van der Waals surface area contributed by atoms with Gasteiger partial charge in [-0.15, -0.1) is 18.2 Å². The number of unbranched alkanes of at least 4 members (excludes halogenated alkanes) is 1. The summed E-state index contributed by atoms with van der Waals surface area (Å²) in [4.78, 5) is 12.9. The van der Waals surface area contributed by atoms with E-state index in [2.05, 4.69) is 6.58 Å². The van der Waals surface area contributed by atoms with Crippen molar-refractivity contribution in [1.82, 2.24) is 4.90 Å². The zero-order valence-corrected chi connectivity index (χ0v) is 8.47. The lowest BCUT2D eigenvalue weighted by molar-refractivity contribution is -0.129. The molecule has 0 aliphatic rings. The Labute approximate surface area is 79.2 Å². The second kappa shape index (κ2) is 6.06. The van der Waals surface area contributed by atoms with Gasteiger partial charge in [-0.25, -0.2) is 0 Å². The minimum atomic E-state index is -0.418. The number of carbonyl (C=O) groups excluding carboxylic acids is 1. The third-order valence-corrected chi connectivity index (χ3v) is 1.80. The Hall–Kier alpha value is -0.500. The smallest absolute Gasteiger partial charge is 0.240 e. The van der Waals surface area contributed by atoms with Gasteiger partial charge in [0.25, 0.3) is 0 Å². The molecule has 0 radical (unpaired) electrons. The van der Waals surface area contributed by atoms with Gasteiger partial charge in [0, 0.05) is 13.6 Å². The lowest BCUT2D eigenvalue weighted by Crippen LogP contribution is -2.32. The number of hydrogen-bond acceptors (Lipinski definition) is 1. The maximum Gasteiger partial charge on any atom is 0.240 e. The summed E-state index contributed by atoms with van der Waals surface area (Å²) >= 11 is 5.62. The van der Waals surface area contributed by atoms with E-state index in [0.29, 0.717) is 0 Å². The van der Waals surface area contributed by atoms with E-state index >= 15 is 0 Å². The fourth-order valence-electron chi connectivity index (χ4n) is 0.887. The van der Waals surface area contributed by atoms with Crippen LogP contribution in [0.1, 0.15) is 19.8 Å². The van der Waals surface area contributed by atoms with E-state index in [1.165, 1.54) is 0 Å². The molecule has 1 atom stereocenters. The second-order valence-corrected chi connectivity index (χ2v) is 3.46. The molecule has 70 valence electrons. The van der Waals surface area contributed by atoms with Crippen LogP contribution in [-0.4, -0.2) is 29.8 Å². The third kappa shape index (κ3) is 4.39. The predicted octanol–water partition coefficient (Wildman–Crippen LogP) is 2.04. The molecule has 0 saturated carbocycles. The molecular weight excluding hydrogens is 174 g/mol. The molecule has 3 heteroatoms. The molecule has 12 heavy (non-hydrogen) atoms. The van der Waals surface area contributed by atoms with Crippen molar-refractivity contribution in [3.63, 3.8) is 0 Å². The Kier molecular flexibility index (Phi) is 5.81. The van der Waals surface area contributed by atoms with Gasteiger partial charge < -0.3 is 4.90 Å². The summed E-state index contributed by atoms with van der Waals surface area (Å²) in [6, 6.07) is 0. The Morgan fingerprint density at radius 3 is 2.75 bits per heavy atom. The molecular formula is C9H16ClNO. The Bertz CT molecular complexity index is 157. The van der Waals surface area contributed by atoms with Crippen LogP contribution in [-0.2, 0) is 4.79 Å². The van der Waals surface area contributed by atoms with Crippen molar-refractivity contribution in [2.75, 3.05) is 13.6 Å². The van der Waals surface area contributed by atoms with E-state index in [-0.39, 0.29) is 5.91 Å². The number of amides is 1. The molecule has 0 aromatic heterocycles. The summed E-state index contributed by atoms with van der Waals surface area (Å²) in [6.45, 7) is 6.05. The van der Waals surface area contributed by atoms with Gasteiger partial charge in [0.2, 0.25) is 5.91 Å². The summed E-state index contributed by atoms with van der Waals surface area (Å²) in [5.74, 6) is -0.0132. The van der Waals surface area contributed by atoms with Crippen LogP contribution in [0.25, 0.3) is 0 Å². The van der Waals surface area contributed by atoms with E-state index in [1.54, 1.807) is 18.9 Å². The average molecular weight is 190 g/mol. The topological polar surface area (TPSA) is 20.3 Å². The average Bonchev–Trinajstić information content (AvgIpc) is 2.03. The van der Waals surface area contributed by atoms with Gasteiger partial charge in [0.1, 0.15) is 5.38 Å². The van der Waals surface area contributed by atoms with Crippen LogP contribution < -0.4 is 0 Å². The normalized spacial score (nSPS) is 12.2. The number of carbonyl (C=O) groups is 1. The highest BCUT2D eigenvalue weighted by Gasteiger charge is 2.13. The van der Waals surface area contributed by atoms with Crippen molar-refractivity contribution in [1.29, 1.82) is 0 Å². The summed E-state index contributed by atoms with van der Waals surface area (Å²) < 4.78 is 0. The van der Waals surface area contributed by atoms with Crippen LogP contribution in [0.5, 0.6) is 0 Å². The summed E-state index contributed by atoms with van der Waals surface area (Å²) in [5, 5.41) is -0.418. The largest absolute Gasteiger partial charge is 0.344 e. The van der Waals surface area contributed by atoms with Gasteiger partial charge in [-0.05, 0) is 19.8 Å². The molecule has 2 nitrogen and oxygen atoms in total. The third-order valence-electron chi connectivity index (χ3n) is 1.62. The first-order valence-electron chi connectivity index (χ1n) is 4.09. The lowest BCUT2D eigenvalue weighted by atomic mass is 10.3. The fraction of sp³-hybridized carbons (Fsp3) is 0.667. The van der Waals surface area contributed by atoms with E-state index in [1.807, 2.05) is 6.08 Å². The van der Waals surface area contributed by atoms with Gasteiger partial charge in [-0.2, -0.15) is 0 Å². The first-order chi connectivity index (χ1) is 5.59. The quantitative estimate of drug-likeness (QED) is 0.368. The molecule has 0 unspecified atom stereocenters. The van der Waals surface area contributed by atoms with Gasteiger partial charge in [-0.1, -0.05) is 6.08 Å². The maximum atomic E-state index is 11.2. The molecule has 0 N–H and O–H groups in total. The van der Waals surface area contributed by atoms with E-state index in [4.69, 9.17) is 11.6 Å². The number of allylic oxidation sites excluding steroid dienone is 1. The van der Waals surface area contributed by atoms with Gasteiger partial charge >= 0.3 is 0 Å². The number of hydrogen-bond donors (Lipinski definition) is 0. The van der Waals surface area contributed by atoms with Crippen molar-refractivity contribution >= 4 is 17.5 Å². The van der Waals surface area contributed by atoms with Crippen molar-refractivity contribution in [2.24, 2.45) is 0 Å². The number of halogens is 1. The molecule has 0 saturated heterocycles. The Morgan fingerprint density at radius 1 is 1.75 bits per heavy atom. The molecule has 0 heterocycles. The highest BCUT2D eigenvalue weighted by atomic mass is 35.5. The van der Waals surface area contributed by atoms with Crippen LogP contribution in [0.15, 0.2) is 12.7 Å². The van der Waals surface area contributed by atoms with Crippen LogP contribution >= 0.6 is 11.6 Å². The second-order valence-electron chi connectivity index (χ2n) is 2.81. The van der Waals surface area contributed by atoms with Crippen molar-refractivity contribution in [3.8, 4) is 0 Å². The standard InChI is InChI=1S/C9H16ClNO/c1-4-5-6-7-11(3)9(12)8(2)10/h4,8H,1,5-7H2,2-3H3/t8-/m1/s1. The zero-order valence-electron chi connectivity index (χ0n) is 7.72. The monoisotopic (exact) mass is 189 g/mol. The zero-order chi connectivity index (χ0) is 9.56. The van der Waals surface area contributed by atoms with Crippen molar-refractivity contribution in [3.05, 3.63) is 12.7 Å². The highest BCUT2D eigenvalue weighted by Crippen LogP contribution is 2.01. The molecule has 0 spiro atoms. The Balaban J connectivity index is 3.64. The Morgan fingerprint density at radius 2 is 2.33 bits per heavy atom. The van der Waals surface area contributed by atoms with Crippen LogP contribution in [0.2, 0.25) is 0 Å². The van der Waals surface area contributed by atoms with Crippen LogP contribution in [0, 0.1) is 0 Å². The molecule has 0 bridgehead atoms. The fourth-order valence-corrected chi connectivity index (χ4v) is 1.05. The number of nitrogens with zero attached hydrogens (tertiary/aromatic N) is 1. The number of rotatable bonds is 5. The van der Waals surface area contributed by atoms with Gasteiger partial charge in [0.05, 0.1) is 0 Å². The molecule has 1 amide bonds. The predicted molar refractivity (Wildman–Crippen MR) is 52.4 cm³/mol. The van der Waals surface area contributed by atoms with Crippen LogP contribution in [0.3, 0.4) is 0 Å². The molecule has 0 aromatic carbocycles. The van der Waals surface area contributed by atoms with Crippen LogP contribution in [0.4, 0.5) is 0 Å². The van der Waals surface area contributed by atoms with Crippen molar-refractivity contribution in [2.45, 2.75) is 25.1 Å². The summed E-state index contributed by atoms with van der Waals surface area (Å²) in [6.07, 6.45) is 3.74. The van der Waals surface area contributed by atoms with Gasteiger partial charge in [0.15, 0.2) is 0 Å². The highest BCUT2D eigenvalue weighted by molar-refractivity contribution is 6.30. The lowest BCUT2D eigenvalue weighted by Gasteiger charge is -2.17. The minimum Gasteiger partial charge on any atom is -0.344 e. The first kappa shape index (κ1) is 11.5. The SMILES string of the molecule is C=CCCCN(C)C(=O)[C@@H](C)Cl. The van der Waals surface area contributed by atoms with Crippen molar-refractivity contribution < 1.29 is 4.79 Å². The van der Waals surface area contributed by atoms with E-state index in [9.17, 15) is 4.79 Å². The van der Waals surface area contributed by atoms with Gasteiger partial charge in [-0.3, -0.25) is 4.79 Å². The molecule has 0 aliphatic heterocycles. The molecule has 0 aliphatic carbocycles. The molecule has 0 fully saturated rings.